The van der Waals surface area contributed by atoms with Crippen LogP contribution in [0.2, 0.25) is 0 Å². The molecule has 9 heteroatoms. The predicted molar refractivity (Wildman–Crippen MR) is 147 cm³/mol. The molecule has 1 aromatic heterocycles. The van der Waals surface area contributed by atoms with E-state index in [9.17, 15) is 14.0 Å². The first kappa shape index (κ1) is 27.3. The van der Waals surface area contributed by atoms with Crippen LogP contribution in [0.25, 0.3) is 0 Å². The molecule has 2 aliphatic rings. The molecule has 1 N–H and O–H groups in total. The Morgan fingerprint density at radius 2 is 2.08 bits per heavy atom. The number of carbonyl (C=O) groups is 2. The molecule has 206 valence electrons. The Balaban J connectivity index is 1.32. The maximum absolute atomic E-state index is 14.3. The van der Waals surface area contributed by atoms with Crippen LogP contribution in [0.3, 0.4) is 0 Å². The summed E-state index contributed by atoms with van der Waals surface area (Å²) in [6.45, 7) is 7.70. The normalized spacial score (nSPS) is 19.0. The van der Waals surface area contributed by atoms with Crippen molar-refractivity contribution in [2.45, 2.75) is 58.8 Å². The highest BCUT2D eigenvalue weighted by molar-refractivity contribution is 7.09. The number of hydrogen-bond acceptors (Lipinski definition) is 6. The smallest absolute Gasteiger partial charge is 0.270 e. The van der Waals surface area contributed by atoms with Crippen molar-refractivity contribution in [2.24, 2.45) is 5.41 Å². The molecule has 2 amide bonds. The number of nitrogens with zero attached hydrogens (tertiary/aromatic N) is 2. The van der Waals surface area contributed by atoms with Crippen LogP contribution in [0.1, 0.15) is 71.8 Å². The molecule has 2 unspecified atom stereocenters. The minimum Gasteiger partial charge on any atom is -0.486 e. The third kappa shape index (κ3) is 6.31. The fourth-order valence-electron chi connectivity index (χ4n) is 5.10. The fourth-order valence-corrected chi connectivity index (χ4v) is 5.78. The van der Waals surface area contributed by atoms with Crippen molar-refractivity contribution in [3.63, 3.8) is 0 Å². The summed E-state index contributed by atoms with van der Waals surface area (Å²) < 4.78 is 25.9. The Labute approximate surface area is 232 Å². The number of halogens is 1. The number of thiazole rings is 1. The van der Waals surface area contributed by atoms with Crippen molar-refractivity contribution in [3.8, 4) is 5.75 Å². The van der Waals surface area contributed by atoms with Gasteiger partial charge in [-0.3, -0.25) is 9.59 Å². The van der Waals surface area contributed by atoms with E-state index in [1.165, 1.54) is 23.5 Å². The van der Waals surface area contributed by atoms with Crippen LogP contribution in [-0.2, 0) is 22.6 Å². The molecule has 0 bridgehead atoms. The molecule has 3 aromatic rings. The predicted octanol–water partition coefficient (Wildman–Crippen LogP) is 5.29. The van der Waals surface area contributed by atoms with Crippen molar-refractivity contribution < 1.29 is 23.5 Å². The molecular formula is C30H34FN3O4S. The summed E-state index contributed by atoms with van der Waals surface area (Å²) in [6, 6.07) is 11.9. The average molecular weight is 552 g/mol. The van der Waals surface area contributed by atoms with Gasteiger partial charge in [-0.1, -0.05) is 39.0 Å². The Bertz CT molecular complexity index is 1350. The molecule has 1 fully saturated rings. The Morgan fingerprint density at radius 3 is 2.82 bits per heavy atom. The molecule has 39 heavy (non-hydrogen) atoms. The maximum Gasteiger partial charge on any atom is 0.270 e. The van der Waals surface area contributed by atoms with E-state index in [1.54, 1.807) is 11.4 Å². The summed E-state index contributed by atoms with van der Waals surface area (Å²) in [6.07, 6.45) is 2.76. The van der Waals surface area contributed by atoms with Gasteiger partial charge in [0.15, 0.2) is 0 Å². The number of fused-ring (bicyclic) bond motifs is 1. The fraction of sp³-hybridized carbons (Fsp3) is 0.433. The SMILES string of the molecule is CC(C)(C)C(=O)N1CCc2ccc(OCc3nc(C(=O)NCC4CCCO4)cs3)cc2C1c1cccc(F)c1. The standard InChI is InChI=1S/C30H34FN3O4S/c1-30(2,3)29(36)34-12-11-19-9-10-22(15-24(19)27(34)20-6-4-7-21(31)14-20)38-17-26-33-25(18-39-26)28(35)32-16-23-8-5-13-37-23/h4,6-7,9-10,14-15,18,23,27H,5,8,11-13,16-17H2,1-3H3,(H,32,35). The minimum absolute atomic E-state index is 0.0156. The first-order valence-corrected chi connectivity index (χ1v) is 14.2. The molecule has 0 radical (unpaired) electrons. The summed E-state index contributed by atoms with van der Waals surface area (Å²) in [5.74, 6) is 0.0829. The van der Waals surface area contributed by atoms with E-state index in [0.717, 1.165) is 36.1 Å². The van der Waals surface area contributed by atoms with E-state index in [-0.39, 0.29) is 30.3 Å². The largest absolute Gasteiger partial charge is 0.486 e. The lowest BCUT2D eigenvalue weighted by atomic mass is 9.85. The number of rotatable bonds is 7. The molecular weight excluding hydrogens is 517 g/mol. The van der Waals surface area contributed by atoms with E-state index in [4.69, 9.17) is 9.47 Å². The molecule has 0 aliphatic carbocycles. The van der Waals surface area contributed by atoms with Crippen molar-refractivity contribution in [1.29, 1.82) is 0 Å². The minimum atomic E-state index is -0.573. The van der Waals surface area contributed by atoms with Crippen LogP contribution in [-0.4, -0.2) is 47.5 Å². The van der Waals surface area contributed by atoms with Gasteiger partial charge in [0, 0.05) is 30.5 Å². The zero-order valence-corrected chi connectivity index (χ0v) is 23.4. The van der Waals surface area contributed by atoms with Gasteiger partial charge in [0.2, 0.25) is 5.91 Å². The molecule has 0 spiro atoms. The van der Waals surface area contributed by atoms with Crippen LogP contribution in [0.4, 0.5) is 4.39 Å². The van der Waals surface area contributed by atoms with Gasteiger partial charge in [-0.15, -0.1) is 11.3 Å². The highest BCUT2D eigenvalue weighted by atomic mass is 32.1. The topological polar surface area (TPSA) is 80.8 Å². The molecule has 1 saturated heterocycles. The first-order valence-electron chi connectivity index (χ1n) is 13.4. The lowest BCUT2D eigenvalue weighted by Gasteiger charge is -2.41. The van der Waals surface area contributed by atoms with Crippen molar-refractivity contribution >= 4 is 23.2 Å². The van der Waals surface area contributed by atoms with Crippen LogP contribution in [0.15, 0.2) is 47.8 Å². The third-order valence-corrected chi connectivity index (χ3v) is 7.90. The van der Waals surface area contributed by atoms with Gasteiger partial charge in [0.25, 0.3) is 5.91 Å². The Morgan fingerprint density at radius 1 is 1.23 bits per heavy atom. The average Bonchev–Trinajstić information content (AvgIpc) is 3.61. The monoisotopic (exact) mass is 551 g/mol. The summed E-state index contributed by atoms with van der Waals surface area (Å²) >= 11 is 1.37. The van der Waals surface area contributed by atoms with E-state index >= 15 is 0 Å². The number of aromatic nitrogens is 1. The lowest BCUT2D eigenvalue weighted by molar-refractivity contribution is -0.141. The van der Waals surface area contributed by atoms with E-state index in [2.05, 4.69) is 10.3 Å². The van der Waals surface area contributed by atoms with Crippen molar-refractivity contribution in [3.05, 3.63) is 81.1 Å². The number of amides is 2. The van der Waals surface area contributed by atoms with Crippen molar-refractivity contribution in [1.82, 2.24) is 15.2 Å². The Kier molecular flexibility index (Phi) is 8.00. The molecule has 3 heterocycles. The third-order valence-electron chi connectivity index (χ3n) is 7.07. The number of carbonyl (C=O) groups excluding carboxylic acids is 2. The molecule has 7 nitrogen and oxygen atoms in total. The van der Waals surface area contributed by atoms with Gasteiger partial charge in [-0.25, -0.2) is 9.37 Å². The van der Waals surface area contributed by atoms with E-state index in [0.29, 0.717) is 36.0 Å². The second-order valence-electron chi connectivity index (χ2n) is 11.1. The van der Waals surface area contributed by atoms with Gasteiger partial charge in [-0.2, -0.15) is 0 Å². The van der Waals surface area contributed by atoms with Gasteiger partial charge >= 0.3 is 0 Å². The molecule has 2 aliphatic heterocycles. The second-order valence-corrected chi connectivity index (χ2v) is 12.0. The highest BCUT2D eigenvalue weighted by Crippen LogP contribution is 2.39. The van der Waals surface area contributed by atoms with E-state index in [1.807, 2.05) is 49.9 Å². The van der Waals surface area contributed by atoms with Gasteiger partial charge in [-0.05, 0) is 60.2 Å². The molecule has 2 atom stereocenters. The molecule has 5 rings (SSSR count). The first-order chi connectivity index (χ1) is 18.7. The van der Waals surface area contributed by atoms with Crippen molar-refractivity contribution in [2.75, 3.05) is 19.7 Å². The van der Waals surface area contributed by atoms with Gasteiger partial charge < -0.3 is 19.7 Å². The van der Waals surface area contributed by atoms with Crippen LogP contribution < -0.4 is 10.1 Å². The van der Waals surface area contributed by atoms with Gasteiger partial charge in [0.05, 0.1) is 12.1 Å². The number of benzene rings is 2. The number of ether oxygens (including phenoxy) is 2. The number of nitrogens with one attached hydrogen (secondary N) is 1. The van der Waals surface area contributed by atoms with Crippen LogP contribution in [0, 0.1) is 11.2 Å². The maximum atomic E-state index is 14.3. The van der Waals surface area contributed by atoms with Crippen LogP contribution >= 0.6 is 11.3 Å². The Hall–Kier alpha value is -3.30. The highest BCUT2D eigenvalue weighted by Gasteiger charge is 2.37. The van der Waals surface area contributed by atoms with E-state index < -0.39 is 11.5 Å². The zero-order valence-electron chi connectivity index (χ0n) is 22.5. The van der Waals surface area contributed by atoms with Crippen LogP contribution in [0.5, 0.6) is 5.75 Å². The molecule has 2 aromatic carbocycles. The summed E-state index contributed by atoms with van der Waals surface area (Å²) in [7, 11) is 0. The summed E-state index contributed by atoms with van der Waals surface area (Å²) in [5.41, 5.74) is 2.55. The molecule has 0 saturated carbocycles. The zero-order chi connectivity index (χ0) is 27.6. The summed E-state index contributed by atoms with van der Waals surface area (Å²) in [4.78, 5) is 32.2. The second kappa shape index (κ2) is 11.4. The lowest BCUT2D eigenvalue weighted by Crippen LogP contribution is -2.45. The van der Waals surface area contributed by atoms with Gasteiger partial charge in [0.1, 0.15) is 28.9 Å². The quantitative estimate of drug-likeness (QED) is 0.432. The summed E-state index contributed by atoms with van der Waals surface area (Å²) in [5, 5.41) is 5.30. The number of hydrogen-bond donors (Lipinski definition) is 1.